The number of hydrogen-bond acceptors (Lipinski definition) is 8. The van der Waals surface area contributed by atoms with Gasteiger partial charge in [0, 0.05) is 37.5 Å². The molecule has 0 saturated carbocycles. The number of fused-ring (bicyclic) bond motifs is 2. The summed E-state index contributed by atoms with van der Waals surface area (Å²) >= 11 is 3.14. The molecular weight excluding hydrogens is 522 g/mol. The standard InChI is InChI=1S/C24H27N3O6S3/c1-31-17-5-7-18(8-6-17)36(29,30)26-9-3-4-16(14-26)23(28)25-24-27(10-11-34-2)19-12-20-21(33-15-32-20)13-22(19)35-24/h5-8,12-13,16H,3-4,9-11,14-15H2,1-2H3. The molecule has 3 heterocycles. The van der Waals surface area contributed by atoms with Crippen LogP contribution >= 0.6 is 23.1 Å². The molecule has 1 fully saturated rings. The number of carbonyl (C=O) groups excluding carboxylic acids is 1. The number of aryl methyl sites for hydroxylation is 1. The number of amides is 1. The zero-order valence-corrected chi connectivity index (χ0v) is 22.5. The number of piperidine rings is 1. The zero-order valence-electron chi connectivity index (χ0n) is 20.0. The maximum absolute atomic E-state index is 13.3. The van der Waals surface area contributed by atoms with E-state index in [4.69, 9.17) is 14.2 Å². The number of aromatic nitrogens is 1. The fourth-order valence-corrected chi connectivity index (χ4v) is 7.35. The molecule has 1 atom stereocenters. The highest BCUT2D eigenvalue weighted by Crippen LogP contribution is 2.37. The second kappa shape index (κ2) is 10.4. The summed E-state index contributed by atoms with van der Waals surface area (Å²) in [7, 11) is -2.19. The van der Waals surface area contributed by atoms with Crippen LogP contribution in [0.5, 0.6) is 17.2 Å². The molecule has 1 unspecified atom stereocenters. The van der Waals surface area contributed by atoms with E-state index < -0.39 is 15.9 Å². The number of ether oxygens (including phenoxy) is 3. The minimum absolute atomic E-state index is 0.113. The van der Waals surface area contributed by atoms with Gasteiger partial charge in [0.1, 0.15) is 5.75 Å². The summed E-state index contributed by atoms with van der Waals surface area (Å²) < 4.78 is 47.0. The van der Waals surface area contributed by atoms with Crippen molar-refractivity contribution in [2.45, 2.75) is 24.3 Å². The Labute approximate surface area is 217 Å². The molecule has 0 radical (unpaired) electrons. The van der Waals surface area contributed by atoms with Crippen molar-refractivity contribution in [2.75, 3.05) is 39.0 Å². The van der Waals surface area contributed by atoms with E-state index in [1.165, 1.54) is 34.9 Å². The molecule has 0 N–H and O–H groups in total. The third-order valence-corrected chi connectivity index (χ3v) is 9.84. The molecule has 5 rings (SSSR count). The lowest BCUT2D eigenvalue weighted by Crippen LogP contribution is -2.42. The number of methoxy groups -OCH3 is 1. The van der Waals surface area contributed by atoms with E-state index in [1.807, 2.05) is 23.0 Å². The van der Waals surface area contributed by atoms with Gasteiger partial charge >= 0.3 is 0 Å². The molecular formula is C24H27N3O6S3. The number of rotatable bonds is 7. The SMILES string of the molecule is COc1ccc(S(=O)(=O)N2CCCC(C(=O)N=c3sc4cc5c(cc4n3CCSC)OCO5)C2)cc1. The second-order valence-corrected chi connectivity index (χ2v) is 12.5. The molecule has 1 saturated heterocycles. The van der Waals surface area contributed by atoms with Crippen molar-refractivity contribution in [3.05, 3.63) is 41.2 Å². The molecule has 2 aliphatic heterocycles. The fraction of sp³-hybridized carbons (Fsp3) is 0.417. The van der Waals surface area contributed by atoms with Gasteiger partial charge in [-0.2, -0.15) is 21.1 Å². The minimum atomic E-state index is -3.72. The van der Waals surface area contributed by atoms with Crippen LogP contribution in [0.25, 0.3) is 10.2 Å². The summed E-state index contributed by atoms with van der Waals surface area (Å²) in [5, 5.41) is 0. The number of thioether (sulfide) groups is 1. The van der Waals surface area contributed by atoms with E-state index in [9.17, 15) is 13.2 Å². The quantitative estimate of drug-likeness (QED) is 0.446. The van der Waals surface area contributed by atoms with Gasteiger partial charge in [-0.15, -0.1) is 0 Å². The number of sulfonamides is 1. The zero-order chi connectivity index (χ0) is 25.3. The van der Waals surface area contributed by atoms with Crippen molar-refractivity contribution >= 4 is 49.2 Å². The monoisotopic (exact) mass is 549 g/mol. The Hall–Kier alpha value is -2.54. The third-order valence-electron chi connectivity index (χ3n) is 6.33. The topological polar surface area (TPSA) is 99.4 Å². The van der Waals surface area contributed by atoms with Gasteiger partial charge in [0.05, 0.1) is 28.1 Å². The predicted molar refractivity (Wildman–Crippen MR) is 139 cm³/mol. The maximum atomic E-state index is 13.3. The summed E-state index contributed by atoms with van der Waals surface area (Å²) in [5.41, 5.74) is 0.942. The van der Waals surface area contributed by atoms with Crippen LogP contribution < -0.4 is 19.0 Å². The molecule has 12 heteroatoms. The smallest absolute Gasteiger partial charge is 0.252 e. The van der Waals surface area contributed by atoms with Crippen molar-refractivity contribution in [3.63, 3.8) is 0 Å². The van der Waals surface area contributed by atoms with Crippen molar-refractivity contribution < 1.29 is 27.4 Å². The molecule has 36 heavy (non-hydrogen) atoms. The van der Waals surface area contributed by atoms with Crippen LogP contribution in [0.2, 0.25) is 0 Å². The van der Waals surface area contributed by atoms with Crippen LogP contribution in [0.1, 0.15) is 12.8 Å². The highest BCUT2D eigenvalue weighted by atomic mass is 32.2. The van der Waals surface area contributed by atoms with Crippen LogP contribution in [0.15, 0.2) is 46.3 Å². The summed E-state index contributed by atoms with van der Waals surface area (Å²) in [5.74, 6) is 2.02. The Balaban J connectivity index is 1.42. The number of thiazole rings is 1. The second-order valence-electron chi connectivity index (χ2n) is 8.53. The summed E-state index contributed by atoms with van der Waals surface area (Å²) in [4.78, 5) is 18.6. The highest BCUT2D eigenvalue weighted by Gasteiger charge is 2.33. The van der Waals surface area contributed by atoms with Gasteiger partial charge in [0.25, 0.3) is 5.91 Å². The molecule has 0 bridgehead atoms. The predicted octanol–water partition coefficient (Wildman–Crippen LogP) is 3.33. The lowest BCUT2D eigenvalue weighted by atomic mass is 9.99. The maximum Gasteiger partial charge on any atom is 0.252 e. The largest absolute Gasteiger partial charge is 0.497 e. The van der Waals surface area contributed by atoms with Crippen molar-refractivity contribution in [2.24, 2.45) is 10.9 Å². The van der Waals surface area contributed by atoms with Crippen molar-refractivity contribution in [1.29, 1.82) is 0 Å². The molecule has 0 spiro atoms. The van der Waals surface area contributed by atoms with Crippen LogP contribution in [0, 0.1) is 5.92 Å². The van der Waals surface area contributed by atoms with E-state index in [-0.39, 0.29) is 24.1 Å². The Morgan fingerprint density at radius 1 is 1.22 bits per heavy atom. The van der Waals surface area contributed by atoms with Crippen LogP contribution in [-0.2, 0) is 21.4 Å². The lowest BCUT2D eigenvalue weighted by molar-refractivity contribution is -0.122. The Bertz CT molecular complexity index is 1450. The van der Waals surface area contributed by atoms with Gasteiger partial charge in [-0.3, -0.25) is 4.79 Å². The molecule has 3 aromatic rings. The first-order valence-electron chi connectivity index (χ1n) is 11.6. The molecule has 192 valence electrons. The normalized spacial score (nSPS) is 18.6. The molecule has 9 nitrogen and oxygen atoms in total. The van der Waals surface area contributed by atoms with Gasteiger partial charge in [0.2, 0.25) is 16.8 Å². The highest BCUT2D eigenvalue weighted by molar-refractivity contribution is 7.98. The van der Waals surface area contributed by atoms with Gasteiger partial charge in [-0.1, -0.05) is 11.3 Å². The fourth-order valence-electron chi connectivity index (χ4n) is 4.39. The number of benzene rings is 2. The molecule has 0 aliphatic carbocycles. The summed E-state index contributed by atoms with van der Waals surface area (Å²) in [6.07, 6.45) is 3.23. The van der Waals surface area contributed by atoms with Crippen molar-refractivity contribution in [1.82, 2.24) is 8.87 Å². The van der Waals surface area contributed by atoms with E-state index in [0.29, 0.717) is 48.0 Å². The number of hydrogen-bond donors (Lipinski definition) is 0. The van der Waals surface area contributed by atoms with Gasteiger partial charge in [-0.25, -0.2) is 8.42 Å². The Morgan fingerprint density at radius 2 is 1.97 bits per heavy atom. The lowest BCUT2D eigenvalue weighted by Gasteiger charge is -2.30. The van der Waals surface area contributed by atoms with Gasteiger partial charge in [0.15, 0.2) is 16.3 Å². The number of carbonyl (C=O) groups is 1. The van der Waals surface area contributed by atoms with Crippen molar-refractivity contribution in [3.8, 4) is 17.2 Å². The summed E-state index contributed by atoms with van der Waals surface area (Å²) in [6, 6.07) is 10.2. The van der Waals surface area contributed by atoms with E-state index >= 15 is 0 Å². The van der Waals surface area contributed by atoms with E-state index in [0.717, 1.165) is 16.0 Å². The van der Waals surface area contributed by atoms with Crippen LogP contribution in [0.4, 0.5) is 0 Å². The average Bonchev–Trinajstić information content (AvgIpc) is 3.49. The van der Waals surface area contributed by atoms with Crippen LogP contribution in [-0.4, -0.2) is 62.2 Å². The third kappa shape index (κ3) is 4.86. The molecule has 2 aliphatic rings. The summed E-state index contributed by atoms with van der Waals surface area (Å²) in [6.45, 7) is 1.38. The Kier molecular flexibility index (Phi) is 7.29. The van der Waals surface area contributed by atoms with Gasteiger partial charge < -0.3 is 18.8 Å². The number of nitrogens with zero attached hydrogens (tertiary/aromatic N) is 3. The first-order valence-corrected chi connectivity index (χ1v) is 15.2. The molecule has 2 aromatic carbocycles. The first-order chi connectivity index (χ1) is 17.4. The average molecular weight is 550 g/mol. The van der Waals surface area contributed by atoms with Gasteiger partial charge in [-0.05, 0) is 43.4 Å². The van der Waals surface area contributed by atoms with Crippen LogP contribution in [0.3, 0.4) is 0 Å². The Morgan fingerprint density at radius 3 is 2.69 bits per heavy atom. The molecule has 1 amide bonds. The minimum Gasteiger partial charge on any atom is -0.497 e. The molecule has 1 aromatic heterocycles. The first kappa shape index (κ1) is 25.1. The van der Waals surface area contributed by atoms with E-state index in [2.05, 4.69) is 4.99 Å². The van der Waals surface area contributed by atoms with E-state index in [1.54, 1.807) is 23.9 Å².